The first kappa shape index (κ1) is 30.2. The van der Waals surface area contributed by atoms with E-state index in [4.69, 9.17) is 10.1 Å². The van der Waals surface area contributed by atoms with Crippen molar-refractivity contribution >= 4 is 23.8 Å². The van der Waals surface area contributed by atoms with Gasteiger partial charge in [-0.2, -0.15) is 5.26 Å². The number of hydrogen-bond acceptors (Lipinski definition) is 7. The van der Waals surface area contributed by atoms with Crippen molar-refractivity contribution in [3.63, 3.8) is 0 Å². The lowest BCUT2D eigenvalue weighted by atomic mass is 9.84. The molecule has 3 unspecified atom stereocenters. The zero-order chi connectivity index (χ0) is 29.8. The van der Waals surface area contributed by atoms with Crippen LogP contribution in [0.4, 0.5) is 4.39 Å². The Morgan fingerprint density at radius 2 is 2.00 bits per heavy atom. The van der Waals surface area contributed by atoms with Crippen molar-refractivity contribution in [2.24, 2.45) is 5.41 Å². The van der Waals surface area contributed by atoms with Crippen LogP contribution < -0.4 is 10.1 Å². The second-order valence-electron chi connectivity index (χ2n) is 10.5. The van der Waals surface area contributed by atoms with Crippen LogP contribution in [-0.2, 0) is 9.59 Å². The highest BCUT2D eigenvalue weighted by Gasteiger charge is 2.51. The third-order valence-corrected chi connectivity index (χ3v) is 6.89. The third-order valence-electron chi connectivity index (χ3n) is 6.89. The number of ether oxygens (including phenoxy) is 1. The maximum Gasteiger partial charge on any atom is 0.251 e. The van der Waals surface area contributed by atoms with Crippen LogP contribution in [-0.4, -0.2) is 52.0 Å². The number of likely N-dealkylation sites (tertiary alicyclic amines) is 1. The standard InChI is InChI=1S/C30H33FN4O5/c1-17-11-21(9-10-25(17)40-23(15-36)12-18(2)33)28(38)34-19(3)29(39)35-26(30(4,5)16-32)14-24(37)27(35)20-7-6-8-22(31)13-20/h6-13,15,19,24,26-27,33,37H,14H2,1-5H3,(H,34,38)/b23-12+,33-18?/t19-,24?,26?,27?/m1/s1. The number of benzene rings is 2. The van der Waals surface area contributed by atoms with Gasteiger partial charge in [0.1, 0.15) is 17.6 Å². The normalized spacial score (nSPS) is 19.9. The van der Waals surface area contributed by atoms with Crippen molar-refractivity contribution in [3.05, 3.63) is 76.8 Å². The van der Waals surface area contributed by atoms with Gasteiger partial charge in [0, 0.05) is 17.4 Å². The van der Waals surface area contributed by atoms with E-state index < -0.39 is 47.3 Å². The largest absolute Gasteiger partial charge is 0.454 e. The molecule has 1 heterocycles. The van der Waals surface area contributed by atoms with E-state index in [1.165, 1.54) is 61.2 Å². The summed E-state index contributed by atoms with van der Waals surface area (Å²) in [6, 6.07) is 9.72. The third kappa shape index (κ3) is 6.61. The van der Waals surface area contributed by atoms with Crippen LogP contribution in [0.25, 0.3) is 0 Å². The molecule has 0 aromatic heterocycles. The number of hydrogen-bond donors (Lipinski definition) is 3. The molecule has 2 aromatic rings. The monoisotopic (exact) mass is 548 g/mol. The number of aryl methyl sites for hydroxylation is 1. The Bertz CT molecular complexity index is 1400. The number of aldehydes is 1. The summed E-state index contributed by atoms with van der Waals surface area (Å²) in [6.45, 7) is 8.04. The minimum atomic E-state index is -1.04. The number of amides is 2. The van der Waals surface area contributed by atoms with Crippen molar-refractivity contribution in [2.45, 2.75) is 65.3 Å². The van der Waals surface area contributed by atoms with Crippen LogP contribution in [0.3, 0.4) is 0 Å². The number of nitrogens with one attached hydrogen (secondary N) is 2. The molecule has 0 aliphatic carbocycles. The van der Waals surface area contributed by atoms with Crippen molar-refractivity contribution in [1.29, 1.82) is 10.7 Å². The number of aliphatic hydroxyl groups is 1. The molecule has 3 rings (SSSR count). The molecule has 9 nitrogen and oxygen atoms in total. The molecule has 1 fully saturated rings. The van der Waals surface area contributed by atoms with Gasteiger partial charge in [-0.1, -0.05) is 12.1 Å². The van der Waals surface area contributed by atoms with Crippen LogP contribution in [0, 0.1) is 34.9 Å². The Morgan fingerprint density at radius 3 is 2.58 bits per heavy atom. The summed E-state index contributed by atoms with van der Waals surface area (Å²) < 4.78 is 19.6. The molecule has 0 saturated carbocycles. The summed E-state index contributed by atoms with van der Waals surface area (Å²) in [5.41, 5.74) is 0.289. The molecule has 210 valence electrons. The highest BCUT2D eigenvalue weighted by molar-refractivity contribution is 5.98. The van der Waals surface area contributed by atoms with Crippen LogP contribution >= 0.6 is 0 Å². The van der Waals surface area contributed by atoms with E-state index in [1.54, 1.807) is 26.8 Å². The molecule has 1 saturated heterocycles. The molecule has 4 atom stereocenters. The summed E-state index contributed by atoms with van der Waals surface area (Å²) in [7, 11) is 0. The Morgan fingerprint density at radius 1 is 1.30 bits per heavy atom. The summed E-state index contributed by atoms with van der Waals surface area (Å²) in [4.78, 5) is 39.5. The van der Waals surface area contributed by atoms with E-state index in [0.29, 0.717) is 23.2 Å². The van der Waals surface area contributed by atoms with E-state index in [2.05, 4.69) is 11.4 Å². The Kier molecular flexibility index (Phi) is 9.22. The van der Waals surface area contributed by atoms with Gasteiger partial charge < -0.3 is 25.5 Å². The molecule has 0 radical (unpaired) electrons. The summed E-state index contributed by atoms with van der Waals surface area (Å²) in [6.07, 6.45) is 0.832. The second kappa shape index (κ2) is 12.2. The summed E-state index contributed by atoms with van der Waals surface area (Å²) in [5, 5.41) is 30.9. The van der Waals surface area contributed by atoms with Gasteiger partial charge in [0.15, 0.2) is 12.0 Å². The van der Waals surface area contributed by atoms with Gasteiger partial charge in [0.2, 0.25) is 5.91 Å². The Hall–Kier alpha value is -4.36. The second-order valence-corrected chi connectivity index (χ2v) is 10.5. The number of carbonyl (C=O) groups is 3. The molecular formula is C30H33FN4O5. The van der Waals surface area contributed by atoms with Gasteiger partial charge in [-0.05, 0) is 82.5 Å². The predicted octanol–water partition coefficient (Wildman–Crippen LogP) is 4.01. The zero-order valence-electron chi connectivity index (χ0n) is 23.1. The molecule has 3 N–H and O–H groups in total. The fourth-order valence-electron chi connectivity index (χ4n) is 4.83. The first-order valence-corrected chi connectivity index (χ1v) is 12.8. The highest BCUT2D eigenvalue weighted by atomic mass is 19.1. The van der Waals surface area contributed by atoms with Crippen LogP contribution in [0.5, 0.6) is 5.75 Å². The first-order valence-electron chi connectivity index (χ1n) is 12.8. The minimum absolute atomic E-state index is 0.0532. The van der Waals surface area contributed by atoms with Gasteiger partial charge in [-0.15, -0.1) is 0 Å². The number of halogens is 1. The number of nitrogens with zero attached hydrogens (tertiary/aromatic N) is 2. The molecule has 2 aromatic carbocycles. The fraction of sp³-hybridized carbons (Fsp3) is 0.367. The Balaban J connectivity index is 1.85. The number of rotatable bonds is 9. The van der Waals surface area contributed by atoms with Crippen LogP contribution in [0.15, 0.2) is 54.3 Å². The van der Waals surface area contributed by atoms with E-state index in [1.807, 2.05) is 0 Å². The summed E-state index contributed by atoms with van der Waals surface area (Å²) in [5.74, 6) is -1.32. The van der Waals surface area contributed by atoms with Crippen LogP contribution in [0.2, 0.25) is 0 Å². The predicted molar refractivity (Wildman–Crippen MR) is 146 cm³/mol. The van der Waals surface area contributed by atoms with Crippen molar-refractivity contribution in [2.75, 3.05) is 0 Å². The highest BCUT2D eigenvalue weighted by Crippen LogP contribution is 2.43. The molecule has 2 amide bonds. The number of allylic oxidation sites excluding steroid dienone is 2. The number of nitriles is 1. The SMILES string of the molecule is CC(=N)/C=C(\C=O)Oc1ccc(C(=O)N[C@H](C)C(=O)N2C(c3cccc(F)c3)C(O)CC2C(C)(C)C#N)cc1C. The maximum atomic E-state index is 14.1. The van der Waals surface area contributed by atoms with Gasteiger partial charge in [-0.3, -0.25) is 14.4 Å². The molecule has 0 spiro atoms. The van der Waals surface area contributed by atoms with E-state index in [0.717, 1.165) is 0 Å². The molecule has 0 bridgehead atoms. The van der Waals surface area contributed by atoms with E-state index >= 15 is 0 Å². The lowest BCUT2D eigenvalue weighted by Gasteiger charge is -2.38. The van der Waals surface area contributed by atoms with Gasteiger partial charge in [0.05, 0.1) is 29.7 Å². The van der Waals surface area contributed by atoms with Gasteiger partial charge in [0.25, 0.3) is 5.91 Å². The zero-order valence-corrected chi connectivity index (χ0v) is 23.1. The van der Waals surface area contributed by atoms with Gasteiger partial charge in [-0.25, -0.2) is 4.39 Å². The van der Waals surface area contributed by atoms with Crippen molar-refractivity contribution in [3.8, 4) is 11.8 Å². The molecule has 1 aliphatic heterocycles. The van der Waals surface area contributed by atoms with E-state index in [9.17, 15) is 29.1 Å². The molecule has 1 aliphatic rings. The van der Waals surface area contributed by atoms with Crippen LogP contribution in [0.1, 0.15) is 61.6 Å². The number of carbonyl (C=O) groups excluding carboxylic acids is 3. The average molecular weight is 549 g/mol. The maximum absolute atomic E-state index is 14.1. The number of aliphatic hydroxyl groups excluding tert-OH is 1. The van der Waals surface area contributed by atoms with E-state index in [-0.39, 0.29) is 23.5 Å². The fourth-order valence-corrected chi connectivity index (χ4v) is 4.83. The van der Waals surface area contributed by atoms with Gasteiger partial charge >= 0.3 is 0 Å². The quantitative estimate of drug-likeness (QED) is 0.187. The van der Waals surface area contributed by atoms with Crippen molar-refractivity contribution < 1.29 is 28.6 Å². The molecule has 40 heavy (non-hydrogen) atoms. The van der Waals surface area contributed by atoms with Crippen molar-refractivity contribution in [1.82, 2.24) is 10.2 Å². The average Bonchev–Trinajstić information content (AvgIpc) is 3.26. The lowest BCUT2D eigenvalue weighted by molar-refractivity contribution is -0.138. The molecule has 10 heteroatoms. The first-order chi connectivity index (χ1) is 18.8. The smallest absolute Gasteiger partial charge is 0.251 e. The topological polar surface area (TPSA) is 144 Å². The lowest BCUT2D eigenvalue weighted by Crippen LogP contribution is -2.52. The Labute approximate surface area is 232 Å². The minimum Gasteiger partial charge on any atom is -0.454 e. The molecular weight excluding hydrogens is 515 g/mol. The summed E-state index contributed by atoms with van der Waals surface area (Å²) >= 11 is 0.